The highest BCUT2D eigenvalue weighted by atomic mass is 35.5. The number of benzene rings is 2. The summed E-state index contributed by atoms with van der Waals surface area (Å²) in [5.74, 6) is -0.238. The van der Waals surface area contributed by atoms with Crippen LogP contribution in [0.2, 0.25) is 5.02 Å². The zero-order valence-electron chi connectivity index (χ0n) is 12.5. The molecule has 0 unspecified atom stereocenters. The molecule has 22 heavy (non-hydrogen) atoms. The lowest BCUT2D eigenvalue weighted by Crippen LogP contribution is -2.16. The van der Waals surface area contributed by atoms with Crippen molar-refractivity contribution < 1.29 is 13.9 Å². The summed E-state index contributed by atoms with van der Waals surface area (Å²) in [5.41, 5.74) is 2.27. The number of hydrogen-bond acceptors (Lipinski definition) is 2. The molecule has 0 saturated heterocycles. The Morgan fingerprint density at radius 2 is 1.91 bits per heavy atom. The van der Waals surface area contributed by atoms with E-state index in [1.54, 1.807) is 6.07 Å². The first-order valence-electron chi connectivity index (χ1n) is 6.90. The maximum Gasteiger partial charge on any atom is 0.227 e. The molecule has 0 atom stereocenters. The molecule has 0 aliphatic heterocycles. The summed E-state index contributed by atoms with van der Waals surface area (Å²) in [6, 6.07) is 10.3. The molecule has 0 heterocycles. The molecule has 116 valence electrons. The summed E-state index contributed by atoms with van der Waals surface area (Å²) >= 11 is 5.66. The minimum atomic E-state index is -0.632. The molecule has 0 saturated carbocycles. The summed E-state index contributed by atoms with van der Waals surface area (Å²) < 4.78 is 19.2. The summed E-state index contributed by atoms with van der Waals surface area (Å²) in [4.78, 5) is 11.8. The highest BCUT2D eigenvalue weighted by Crippen LogP contribution is 2.22. The molecule has 1 N–H and O–H groups in total. The lowest BCUT2D eigenvalue weighted by molar-refractivity contribution is -0.116. The second-order valence-corrected chi connectivity index (χ2v) is 5.48. The summed E-state index contributed by atoms with van der Waals surface area (Å²) in [7, 11) is 0. The largest absolute Gasteiger partial charge is 0.493 e. The van der Waals surface area contributed by atoms with Crippen molar-refractivity contribution in [3.8, 4) is 5.75 Å². The predicted molar refractivity (Wildman–Crippen MR) is 86.1 cm³/mol. The van der Waals surface area contributed by atoms with Crippen LogP contribution in [0.15, 0.2) is 36.4 Å². The number of rotatable bonds is 5. The Kier molecular flexibility index (Phi) is 5.39. The van der Waals surface area contributed by atoms with E-state index in [1.807, 2.05) is 32.0 Å². The maximum absolute atomic E-state index is 13.7. The fraction of sp³-hybridized carbons (Fsp3) is 0.235. The van der Waals surface area contributed by atoms with Crippen molar-refractivity contribution in [1.29, 1.82) is 0 Å². The van der Waals surface area contributed by atoms with E-state index < -0.39 is 5.82 Å². The molecule has 5 heteroatoms. The van der Waals surface area contributed by atoms with Crippen molar-refractivity contribution >= 4 is 23.2 Å². The molecule has 1 amide bonds. The van der Waals surface area contributed by atoms with Crippen LogP contribution in [0.25, 0.3) is 0 Å². The first-order chi connectivity index (χ1) is 10.5. The first kappa shape index (κ1) is 16.3. The quantitative estimate of drug-likeness (QED) is 0.880. The Bertz CT molecular complexity index is 668. The van der Waals surface area contributed by atoms with Gasteiger partial charge in [0.25, 0.3) is 0 Å². The smallest absolute Gasteiger partial charge is 0.227 e. The predicted octanol–water partition coefficient (Wildman–Crippen LogP) is 4.50. The summed E-state index contributed by atoms with van der Waals surface area (Å²) in [6.07, 6.45) is 0.124. The number of carbonyl (C=O) groups is 1. The molecule has 2 aromatic carbocycles. The van der Waals surface area contributed by atoms with E-state index >= 15 is 0 Å². The van der Waals surface area contributed by atoms with Gasteiger partial charge in [0.2, 0.25) is 5.91 Å². The molecule has 0 fully saturated rings. The summed E-state index contributed by atoms with van der Waals surface area (Å²) in [6.45, 7) is 4.18. The summed E-state index contributed by atoms with van der Waals surface area (Å²) in [5, 5.41) is 2.46. The van der Waals surface area contributed by atoms with Crippen molar-refractivity contribution in [3.05, 3.63) is 58.4 Å². The molecule has 0 aromatic heterocycles. The molecular formula is C17H17ClFNO2. The normalized spacial score (nSPS) is 10.4. The van der Waals surface area contributed by atoms with Crippen molar-refractivity contribution in [2.45, 2.75) is 20.3 Å². The van der Waals surface area contributed by atoms with Gasteiger partial charge in [0.1, 0.15) is 5.75 Å². The van der Waals surface area contributed by atoms with E-state index in [9.17, 15) is 9.18 Å². The standard InChI is InChI=1S/C17H17ClFNO2/c1-11-8-12(2)10-13(9-11)22-7-6-16(21)20-15-5-3-4-14(18)17(15)19/h3-5,8-10H,6-7H2,1-2H3,(H,20,21). The Balaban J connectivity index is 1.86. The number of carbonyl (C=O) groups excluding carboxylic acids is 1. The van der Waals surface area contributed by atoms with Crippen molar-refractivity contribution in [3.63, 3.8) is 0 Å². The fourth-order valence-corrected chi connectivity index (χ4v) is 2.27. The average Bonchev–Trinajstić information content (AvgIpc) is 2.43. The van der Waals surface area contributed by atoms with E-state index in [4.69, 9.17) is 16.3 Å². The number of anilines is 1. The van der Waals surface area contributed by atoms with Gasteiger partial charge in [-0.2, -0.15) is 0 Å². The molecule has 3 nitrogen and oxygen atoms in total. The van der Waals surface area contributed by atoms with Gasteiger partial charge in [-0.15, -0.1) is 0 Å². The van der Waals surface area contributed by atoms with Crippen LogP contribution in [0.5, 0.6) is 5.75 Å². The molecule has 0 radical (unpaired) electrons. The maximum atomic E-state index is 13.7. The third-order valence-electron chi connectivity index (χ3n) is 3.02. The van der Waals surface area contributed by atoms with Crippen LogP contribution in [0.4, 0.5) is 10.1 Å². The van der Waals surface area contributed by atoms with Crippen LogP contribution < -0.4 is 10.1 Å². The van der Waals surface area contributed by atoms with Gasteiger partial charge in [0, 0.05) is 0 Å². The van der Waals surface area contributed by atoms with Crippen LogP contribution in [-0.4, -0.2) is 12.5 Å². The monoisotopic (exact) mass is 321 g/mol. The number of nitrogens with one attached hydrogen (secondary N) is 1. The van der Waals surface area contributed by atoms with Crippen LogP contribution in [0.3, 0.4) is 0 Å². The lowest BCUT2D eigenvalue weighted by Gasteiger charge is -2.09. The van der Waals surface area contributed by atoms with E-state index in [0.717, 1.165) is 16.9 Å². The topological polar surface area (TPSA) is 38.3 Å². The molecule has 0 aliphatic rings. The Labute approximate surface area is 134 Å². The van der Waals surface area contributed by atoms with Gasteiger partial charge in [-0.25, -0.2) is 4.39 Å². The highest BCUT2D eigenvalue weighted by Gasteiger charge is 2.09. The second kappa shape index (κ2) is 7.27. The van der Waals surface area contributed by atoms with Crippen molar-refractivity contribution in [1.82, 2.24) is 0 Å². The molecule has 2 rings (SSSR count). The number of halogens is 2. The second-order valence-electron chi connectivity index (χ2n) is 5.07. The molecule has 2 aromatic rings. The number of amides is 1. The molecular weight excluding hydrogens is 305 g/mol. The SMILES string of the molecule is Cc1cc(C)cc(OCCC(=O)Nc2cccc(Cl)c2F)c1. The average molecular weight is 322 g/mol. The van der Waals surface area contributed by atoms with Crippen LogP contribution >= 0.6 is 11.6 Å². The van der Waals surface area contributed by atoms with Gasteiger partial charge in [-0.3, -0.25) is 4.79 Å². The Morgan fingerprint density at radius 3 is 2.59 bits per heavy atom. The molecule has 0 aliphatic carbocycles. The van der Waals surface area contributed by atoms with E-state index in [2.05, 4.69) is 5.32 Å². The minimum Gasteiger partial charge on any atom is -0.493 e. The number of ether oxygens (including phenoxy) is 1. The van der Waals surface area contributed by atoms with Gasteiger partial charge in [0.15, 0.2) is 5.82 Å². The van der Waals surface area contributed by atoms with Crippen LogP contribution in [-0.2, 0) is 4.79 Å². The van der Waals surface area contributed by atoms with Gasteiger partial charge in [0.05, 0.1) is 23.7 Å². The van der Waals surface area contributed by atoms with Gasteiger partial charge >= 0.3 is 0 Å². The third kappa shape index (κ3) is 4.46. The zero-order valence-corrected chi connectivity index (χ0v) is 13.2. The lowest BCUT2D eigenvalue weighted by atomic mass is 10.1. The Morgan fingerprint density at radius 1 is 1.23 bits per heavy atom. The number of aryl methyl sites for hydroxylation is 2. The fourth-order valence-electron chi connectivity index (χ4n) is 2.09. The van der Waals surface area contributed by atoms with Crippen molar-refractivity contribution in [2.75, 3.05) is 11.9 Å². The Hall–Kier alpha value is -2.07. The van der Waals surface area contributed by atoms with E-state index in [-0.39, 0.29) is 29.6 Å². The highest BCUT2D eigenvalue weighted by molar-refractivity contribution is 6.31. The van der Waals surface area contributed by atoms with Gasteiger partial charge in [-0.1, -0.05) is 23.7 Å². The third-order valence-corrected chi connectivity index (χ3v) is 3.31. The minimum absolute atomic E-state index is 0.0238. The van der Waals surface area contributed by atoms with E-state index in [1.165, 1.54) is 12.1 Å². The van der Waals surface area contributed by atoms with Crippen molar-refractivity contribution in [2.24, 2.45) is 0 Å². The number of hydrogen-bond donors (Lipinski definition) is 1. The van der Waals surface area contributed by atoms with Gasteiger partial charge in [-0.05, 0) is 49.2 Å². The van der Waals surface area contributed by atoms with Gasteiger partial charge < -0.3 is 10.1 Å². The molecule has 0 spiro atoms. The van der Waals surface area contributed by atoms with E-state index in [0.29, 0.717) is 0 Å². The van der Waals surface area contributed by atoms with Crippen LogP contribution in [0, 0.1) is 19.7 Å². The molecule has 0 bridgehead atoms. The van der Waals surface area contributed by atoms with Crippen LogP contribution in [0.1, 0.15) is 17.5 Å². The zero-order chi connectivity index (χ0) is 16.1. The first-order valence-corrected chi connectivity index (χ1v) is 7.28.